The molecule has 19 heavy (non-hydrogen) atoms. The van der Waals surface area contributed by atoms with E-state index in [0.29, 0.717) is 11.7 Å². The van der Waals surface area contributed by atoms with Crippen molar-refractivity contribution in [3.8, 4) is 0 Å². The number of fused-ring (bicyclic) bond motifs is 1. The van der Waals surface area contributed by atoms with Gasteiger partial charge in [-0.15, -0.1) is 0 Å². The lowest BCUT2D eigenvalue weighted by Gasteiger charge is -2.36. The molecule has 0 aromatic carbocycles. The first-order valence-electron chi connectivity index (χ1n) is 6.95. The van der Waals surface area contributed by atoms with Crippen LogP contribution in [0.1, 0.15) is 30.3 Å². The molecule has 6 heteroatoms. The van der Waals surface area contributed by atoms with Crippen LogP contribution in [0.25, 0.3) is 0 Å². The van der Waals surface area contributed by atoms with Crippen LogP contribution in [0.5, 0.6) is 0 Å². The molecule has 3 heterocycles. The van der Waals surface area contributed by atoms with Gasteiger partial charge in [0.25, 0.3) is 0 Å². The highest BCUT2D eigenvalue weighted by molar-refractivity contribution is 5.14. The van der Waals surface area contributed by atoms with E-state index in [9.17, 15) is 5.11 Å². The van der Waals surface area contributed by atoms with Crippen LogP contribution in [0.15, 0.2) is 6.07 Å². The van der Waals surface area contributed by atoms with Gasteiger partial charge in [0.1, 0.15) is 6.10 Å². The highest BCUT2D eigenvalue weighted by Crippen LogP contribution is 2.22. The van der Waals surface area contributed by atoms with Crippen molar-refractivity contribution < 1.29 is 14.9 Å². The van der Waals surface area contributed by atoms with Gasteiger partial charge in [-0.05, 0) is 18.9 Å². The van der Waals surface area contributed by atoms with Gasteiger partial charge in [-0.25, -0.2) is 0 Å². The molecule has 2 aliphatic rings. The molecule has 0 bridgehead atoms. The van der Waals surface area contributed by atoms with E-state index in [2.05, 4.69) is 10.00 Å². The number of hydrogen-bond acceptors (Lipinski definition) is 5. The molecule has 1 aromatic rings. The van der Waals surface area contributed by atoms with Gasteiger partial charge in [0.15, 0.2) is 0 Å². The van der Waals surface area contributed by atoms with E-state index in [0.717, 1.165) is 51.4 Å². The zero-order chi connectivity index (χ0) is 13.2. The van der Waals surface area contributed by atoms with E-state index in [4.69, 9.17) is 9.84 Å². The minimum Gasteiger partial charge on any atom is -0.393 e. The summed E-state index contributed by atoms with van der Waals surface area (Å²) >= 11 is 0. The second kappa shape index (κ2) is 5.58. The van der Waals surface area contributed by atoms with Crippen molar-refractivity contribution in [3.63, 3.8) is 0 Å². The molecule has 0 radical (unpaired) electrons. The van der Waals surface area contributed by atoms with Crippen LogP contribution in [0.2, 0.25) is 0 Å². The molecule has 6 nitrogen and oxygen atoms in total. The van der Waals surface area contributed by atoms with Crippen molar-refractivity contribution in [2.45, 2.75) is 38.1 Å². The van der Waals surface area contributed by atoms with Crippen molar-refractivity contribution in [1.82, 2.24) is 14.7 Å². The fourth-order valence-electron chi connectivity index (χ4n) is 2.93. The summed E-state index contributed by atoms with van der Waals surface area (Å²) in [6, 6.07) is 2.51. The Kier molecular flexibility index (Phi) is 3.83. The zero-order valence-corrected chi connectivity index (χ0v) is 11.0. The summed E-state index contributed by atoms with van der Waals surface area (Å²) in [5.41, 5.74) is 1.70. The standard InChI is InChI=1S/C13H21N3O3/c17-9-13(18)12-7-11-8-15(3-4-16(11)14-12)10-1-5-19-6-2-10/h7,10,13,17-18H,1-6,8-9H2. The summed E-state index contributed by atoms with van der Waals surface area (Å²) in [6.45, 7) is 4.15. The second-order valence-corrected chi connectivity index (χ2v) is 5.30. The first-order valence-corrected chi connectivity index (χ1v) is 6.95. The predicted molar refractivity (Wildman–Crippen MR) is 68.5 cm³/mol. The Morgan fingerprint density at radius 3 is 2.89 bits per heavy atom. The fraction of sp³-hybridized carbons (Fsp3) is 0.769. The maximum Gasteiger partial charge on any atom is 0.121 e. The molecule has 1 fully saturated rings. The molecule has 1 atom stereocenters. The van der Waals surface area contributed by atoms with Gasteiger partial charge >= 0.3 is 0 Å². The fourth-order valence-corrected chi connectivity index (χ4v) is 2.93. The van der Waals surface area contributed by atoms with Crippen LogP contribution in [0.3, 0.4) is 0 Å². The number of aliphatic hydroxyl groups is 2. The molecule has 2 aliphatic heterocycles. The van der Waals surface area contributed by atoms with Gasteiger partial charge in [-0.2, -0.15) is 5.10 Å². The molecule has 2 N–H and O–H groups in total. The zero-order valence-electron chi connectivity index (χ0n) is 11.0. The van der Waals surface area contributed by atoms with E-state index < -0.39 is 6.10 Å². The summed E-state index contributed by atoms with van der Waals surface area (Å²) < 4.78 is 7.35. The number of ether oxygens (including phenoxy) is 1. The molecule has 1 aromatic heterocycles. The third-order valence-corrected chi connectivity index (χ3v) is 4.07. The molecule has 1 unspecified atom stereocenters. The molecule has 0 amide bonds. The Morgan fingerprint density at radius 1 is 1.37 bits per heavy atom. The SMILES string of the molecule is OCC(O)c1cc2n(n1)CCN(C1CCOCC1)C2. The second-order valence-electron chi connectivity index (χ2n) is 5.30. The van der Waals surface area contributed by atoms with Gasteiger partial charge in [-0.3, -0.25) is 9.58 Å². The Balaban J connectivity index is 1.70. The summed E-state index contributed by atoms with van der Waals surface area (Å²) in [7, 11) is 0. The lowest BCUT2D eigenvalue weighted by atomic mass is 10.1. The number of nitrogens with zero attached hydrogens (tertiary/aromatic N) is 3. The van der Waals surface area contributed by atoms with Crippen molar-refractivity contribution >= 4 is 0 Å². The maximum absolute atomic E-state index is 9.64. The smallest absolute Gasteiger partial charge is 0.121 e. The highest BCUT2D eigenvalue weighted by Gasteiger charge is 2.26. The average Bonchev–Trinajstić information content (AvgIpc) is 2.90. The first-order chi connectivity index (χ1) is 9.28. The highest BCUT2D eigenvalue weighted by atomic mass is 16.5. The molecule has 1 saturated heterocycles. The maximum atomic E-state index is 9.64. The normalized spacial score (nSPS) is 23.3. The van der Waals surface area contributed by atoms with Crippen LogP contribution in [-0.2, 0) is 17.8 Å². The summed E-state index contributed by atoms with van der Waals surface area (Å²) in [5, 5.41) is 23.0. The Bertz CT molecular complexity index is 429. The van der Waals surface area contributed by atoms with Crippen LogP contribution in [-0.4, -0.2) is 57.3 Å². The van der Waals surface area contributed by atoms with Gasteiger partial charge in [0, 0.05) is 32.3 Å². The lowest BCUT2D eigenvalue weighted by molar-refractivity contribution is 0.0232. The van der Waals surface area contributed by atoms with Crippen molar-refractivity contribution in [1.29, 1.82) is 0 Å². The van der Waals surface area contributed by atoms with E-state index in [1.165, 1.54) is 0 Å². The molecule has 0 spiro atoms. The van der Waals surface area contributed by atoms with Crippen LogP contribution < -0.4 is 0 Å². The molecule has 0 aliphatic carbocycles. The quantitative estimate of drug-likeness (QED) is 0.800. The topological polar surface area (TPSA) is 70.8 Å². The number of aliphatic hydroxyl groups excluding tert-OH is 2. The van der Waals surface area contributed by atoms with Gasteiger partial charge in [-0.1, -0.05) is 0 Å². The molecule has 0 saturated carbocycles. The monoisotopic (exact) mass is 267 g/mol. The Morgan fingerprint density at radius 2 is 2.16 bits per heavy atom. The molecule has 106 valence electrons. The van der Waals surface area contributed by atoms with Crippen molar-refractivity contribution in [2.75, 3.05) is 26.4 Å². The van der Waals surface area contributed by atoms with E-state index >= 15 is 0 Å². The minimum atomic E-state index is -0.866. The third-order valence-electron chi connectivity index (χ3n) is 4.07. The largest absolute Gasteiger partial charge is 0.393 e. The van der Waals surface area contributed by atoms with Gasteiger partial charge in [0.2, 0.25) is 0 Å². The predicted octanol–water partition coefficient (Wildman–Crippen LogP) is -0.0966. The summed E-state index contributed by atoms with van der Waals surface area (Å²) in [6.07, 6.45) is 1.33. The lowest BCUT2D eigenvalue weighted by Crippen LogP contribution is -2.43. The summed E-state index contributed by atoms with van der Waals surface area (Å²) in [4.78, 5) is 2.48. The number of aromatic nitrogens is 2. The minimum absolute atomic E-state index is 0.278. The number of rotatable bonds is 3. The van der Waals surface area contributed by atoms with Crippen LogP contribution in [0.4, 0.5) is 0 Å². The third kappa shape index (κ3) is 2.67. The average molecular weight is 267 g/mol. The van der Waals surface area contributed by atoms with Gasteiger partial charge in [0.05, 0.1) is 24.5 Å². The first kappa shape index (κ1) is 13.1. The Hall–Kier alpha value is -0.950. The molecule has 3 rings (SSSR count). The molecular weight excluding hydrogens is 246 g/mol. The van der Waals surface area contributed by atoms with Crippen molar-refractivity contribution in [3.05, 3.63) is 17.5 Å². The molecular formula is C13H21N3O3. The van der Waals surface area contributed by atoms with Crippen molar-refractivity contribution in [2.24, 2.45) is 0 Å². The summed E-state index contributed by atoms with van der Waals surface area (Å²) in [5.74, 6) is 0. The van der Waals surface area contributed by atoms with Crippen LogP contribution >= 0.6 is 0 Å². The van der Waals surface area contributed by atoms with Crippen LogP contribution in [0, 0.1) is 0 Å². The Labute approximate surface area is 112 Å². The number of hydrogen-bond donors (Lipinski definition) is 2. The van der Waals surface area contributed by atoms with E-state index in [-0.39, 0.29) is 6.61 Å². The van der Waals surface area contributed by atoms with E-state index in [1.54, 1.807) is 0 Å². The van der Waals surface area contributed by atoms with E-state index in [1.807, 2.05) is 10.7 Å². The van der Waals surface area contributed by atoms with Gasteiger partial charge < -0.3 is 14.9 Å².